The Morgan fingerprint density at radius 2 is 2.32 bits per heavy atom. The minimum atomic E-state index is -0.799. The van der Waals surface area contributed by atoms with Crippen LogP contribution in [0.4, 0.5) is 15.8 Å². The number of likely N-dealkylation sites (tertiary alicyclic amines) is 1. The zero-order valence-corrected chi connectivity index (χ0v) is 10.9. The zero-order valence-electron chi connectivity index (χ0n) is 10.9. The van der Waals surface area contributed by atoms with E-state index >= 15 is 0 Å². The van der Waals surface area contributed by atoms with Crippen molar-refractivity contribution in [3.05, 3.63) is 34.1 Å². The van der Waals surface area contributed by atoms with Crippen molar-refractivity contribution in [1.82, 2.24) is 4.90 Å². The topological polar surface area (TPSA) is 58.4 Å². The summed E-state index contributed by atoms with van der Waals surface area (Å²) in [5.74, 6) is -0.799. The van der Waals surface area contributed by atoms with E-state index in [4.69, 9.17) is 0 Å². The van der Waals surface area contributed by atoms with Crippen molar-refractivity contribution in [1.29, 1.82) is 0 Å². The Morgan fingerprint density at radius 1 is 1.53 bits per heavy atom. The number of piperidine rings is 1. The van der Waals surface area contributed by atoms with Gasteiger partial charge in [-0.25, -0.2) is 0 Å². The van der Waals surface area contributed by atoms with Crippen LogP contribution < -0.4 is 5.32 Å². The SMILES string of the molecule is CN1CCCCC1CNc1cccc(F)c1[N+](=O)[O-]. The maximum atomic E-state index is 13.5. The summed E-state index contributed by atoms with van der Waals surface area (Å²) in [5.41, 5.74) is -0.218. The second-order valence-corrected chi connectivity index (χ2v) is 4.90. The molecule has 1 unspecified atom stereocenters. The lowest BCUT2D eigenvalue weighted by Crippen LogP contribution is -2.40. The Balaban J connectivity index is 2.07. The van der Waals surface area contributed by atoms with Crippen molar-refractivity contribution in [3.63, 3.8) is 0 Å². The molecule has 0 bridgehead atoms. The molecule has 5 nitrogen and oxygen atoms in total. The highest BCUT2D eigenvalue weighted by Gasteiger charge is 2.22. The predicted molar refractivity (Wildman–Crippen MR) is 71.8 cm³/mol. The van der Waals surface area contributed by atoms with Gasteiger partial charge in [-0.15, -0.1) is 0 Å². The number of nitro groups is 1. The lowest BCUT2D eigenvalue weighted by molar-refractivity contribution is -0.386. The molecule has 104 valence electrons. The van der Waals surface area contributed by atoms with E-state index in [0.29, 0.717) is 12.6 Å². The summed E-state index contributed by atoms with van der Waals surface area (Å²) in [5, 5.41) is 13.9. The van der Waals surface area contributed by atoms with Gasteiger partial charge in [0.1, 0.15) is 5.69 Å². The van der Waals surface area contributed by atoms with Crippen LogP contribution in [-0.4, -0.2) is 36.0 Å². The number of nitrogens with one attached hydrogen (secondary N) is 1. The highest BCUT2D eigenvalue weighted by molar-refractivity contribution is 5.62. The second kappa shape index (κ2) is 5.97. The molecule has 1 aromatic carbocycles. The molecule has 0 radical (unpaired) electrons. The third kappa shape index (κ3) is 3.20. The first-order valence-electron chi connectivity index (χ1n) is 6.46. The number of nitrogens with zero attached hydrogens (tertiary/aromatic N) is 2. The molecule has 0 aromatic heterocycles. The second-order valence-electron chi connectivity index (χ2n) is 4.90. The molecule has 1 N–H and O–H groups in total. The number of likely N-dealkylation sites (N-methyl/N-ethyl adjacent to an activating group) is 1. The van der Waals surface area contributed by atoms with Gasteiger partial charge in [0.15, 0.2) is 0 Å². The van der Waals surface area contributed by atoms with Crippen LogP contribution in [-0.2, 0) is 0 Å². The summed E-state index contributed by atoms with van der Waals surface area (Å²) < 4.78 is 13.5. The van der Waals surface area contributed by atoms with Gasteiger partial charge in [-0.2, -0.15) is 4.39 Å². The summed E-state index contributed by atoms with van der Waals surface area (Å²) in [4.78, 5) is 12.4. The number of para-hydroxylation sites is 1. The van der Waals surface area contributed by atoms with Crippen molar-refractivity contribution in [2.24, 2.45) is 0 Å². The molecule has 1 aromatic rings. The monoisotopic (exact) mass is 267 g/mol. The number of anilines is 1. The summed E-state index contributed by atoms with van der Waals surface area (Å²) in [7, 11) is 2.05. The lowest BCUT2D eigenvalue weighted by atomic mass is 10.0. The number of halogens is 1. The van der Waals surface area contributed by atoms with E-state index in [2.05, 4.69) is 10.2 Å². The quantitative estimate of drug-likeness (QED) is 0.673. The zero-order chi connectivity index (χ0) is 13.8. The van der Waals surface area contributed by atoms with E-state index in [0.717, 1.165) is 19.0 Å². The number of hydrogen-bond donors (Lipinski definition) is 1. The van der Waals surface area contributed by atoms with Gasteiger partial charge < -0.3 is 10.2 Å². The van der Waals surface area contributed by atoms with Crippen LogP contribution in [0.2, 0.25) is 0 Å². The Bertz CT molecular complexity index is 467. The van der Waals surface area contributed by atoms with Gasteiger partial charge in [-0.1, -0.05) is 12.5 Å². The van der Waals surface area contributed by atoms with Gasteiger partial charge in [0, 0.05) is 12.6 Å². The Hall–Kier alpha value is -1.69. The molecular weight excluding hydrogens is 249 g/mol. The van der Waals surface area contributed by atoms with Crippen LogP contribution in [0.5, 0.6) is 0 Å². The summed E-state index contributed by atoms with van der Waals surface area (Å²) >= 11 is 0. The number of nitro benzene ring substituents is 1. The van der Waals surface area contributed by atoms with E-state index in [1.54, 1.807) is 6.07 Å². The smallest absolute Gasteiger partial charge is 0.327 e. The van der Waals surface area contributed by atoms with Crippen LogP contribution in [0.1, 0.15) is 19.3 Å². The molecule has 0 aliphatic carbocycles. The molecule has 19 heavy (non-hydrogen) atoms. The molecule has 1 atom stereocenters. The maximum absolute atomic E-state index is 13.5. The molecule has 0 amide bonds. The Morgan fingerprint density at radius 3 is 3.00 bits per heavy atom. The molecule has 1 heterocycles. The molecule has 0 saturated carbocycles. The minimum Gasteiger partial charge on any atom is -0.378 e. The number of rotatable bonds is 4. The van der Waals surface area contributed by atoms with E-state index in [-0.39, 0.29) is 5.69 Å². The fraction of sp³-hybridized carbons (Fsp3) is 0.538. The maximum Gasteiger partial charge on any atom is 0.327 e. The van der Waals surface area contributed by atoms with Crippen molar-refractivity contribution in [2.45, 2.75) is 25.3 Å². The third-order valence-corrected chi connectivity index (χ3v) is 3.62. The van der Waals surface area contributed by atoms with Gasteiger partial charge in [-0.05, 0) is 38.6 Å². The van der Waals surface area contributed by atoms with Crippen LogP contribution in [0.15, 0.2) is 18.2 Å². The largest absolute Gasteiger partial charge is 0.378 e. The van der Waals surface area contributed by atoms with E-state index in [1.165, 1.54) is 18.9 Å². The Labute approximate surface area is 111 Å². The first-order valence-corrected chi connectivity index (χ1v) is 6.46. The normalized spacial score (nSPS) is 20.2. The molecule has 1 aliphatic rings. The van der Waals surface area contributed by atoms with E-state index in [9.17, 15) is 14.5 Å². The first kappa shape index (κ1) is 13.7. The van der Waals surface area contributed by atoms with Gasteiger partial charge in [-0.3, -0.25) is 10.1 Å². The van der Waals surface area contributed by atoms with Crippen LogP contribution in [0, 0.1) is 15.9 Å². The van der Waals surface area contributed by atoms with Gasteiger partial charge >= 0.3 is 5.69 Å². The fourth-order valence-electron chi connectivity index (χ4n) is 2.47. The molecule has 1 fully saturated rings. The summed E-state index contributed by atoms with van der Waals surface area (Å²) in [6, 6.07) is 4.48. The third-order valence-electron chi connectivity index (χ3n) is 3.62. The predicted octanol–water partition coefficient (Wildman–Crippen LogP) is 2.63. The molecular formula is C13H18FN3O2. The molecule has 1 aliphatic heterocycles. The standard InChI is InChI=1S/C13H18FN3O2/c1-16-8-3-2-5-10(16)9-15-12-7-4-6-11(14)13(12)17(18)19/h4,6-7,10,15H,2-3,5,8-9H2,1H3. The van der Waals surface area contributed by atoms with Crippen LogP contribution >= 0.6 is 0 Å². The average Bonchev–Trinajstić information content (AvgIpc) is 2.37. The van der Waals surface area contributed by atoms with Crippen LogP contribution in [0.25, 0.3) is 0 Å². The van der Waals surface area contributed by atoms with Gasteiger partial charge in [0.05, 0.1) is 4.92 Å². The minimum absolute atomic E-state index is 0.254. The summed E-state index contributed by atoms with van der Waals surface area (Å²) in [6.45, 7) is 1.64. The first-order chi connectivity index (χ1) is 9.09. The van der Waals surface area contributed by atoms with Crippen molar-refractivity contribution in [3.8, 4) is 0 Å². The van der Waals surface area contributed by atoms with Gasteiger partial charge in [0.25, 0.3) is 0 Å². The van der Waals surface area contributed by atoms with Crippen molar-refractivity contribution >= 4 is 11.4 Å². The molecule has 6 heteroatoms. The lowest BCUT2D eigenvalue weighted by Gasteiger charge is -2.32. The number of hydrogen-bond acceptors (Lipinski definition) is 4. The number of benzene rings is 1. The highest BCUT2D eigenvalue weighted by Crippen LogP contribution is 2.27. The van der Waals surface area contributed by atoms with Crippen molar-refractivity contribution < 1.29 is 9.31 Å². The van der Waals surface area contributed by atoms with E-state index in [1.807, 2.05) is 7.05 Å². The molecule has 2 rings (SSSR count). The molecule has 0 spiro atoms. The fourth-order valence-corrected chi connectivity index (χ4v) is 2.47. The van der Waals surface area contributed by atoms with Crippen molar-refractivity contribution in [2.75, 3.05) is 25.5 Å². The molecule has 1 saturated heterocycles. The summed E-state index contributed by atoms with van der Waals surface area (Å²) in [6.07, 6.45) is 3.42. The van der Waals surface area contributed by atoms with E-state index < -0.39 is 16.4 Å². The average molecular weight is 267 g/mol. The Kier molecular flexibility index (Phi) is 4.31. The van der Waals surface area contributed by atoms with Crippen LogP contribution in [0.3, 0.4) is 0 Å². The highest BCUT2D eigenvalue weighted by atomic mass is 19.1. The van der Waals surface area contributed by atoms with Gasteiger partial charge in [0.2, 0.25) is 5.82 Å².